The van der Waals surface area contributed by atoms with Gasteiger partial charge >= 0.3 is 12.2 Å². The molecule has 194 valence electrons. The zero-order chi connectivity index (χ0) is 26.8. The van der Waals surface area contributed by atoms with E-state index in [2.05, 4.69) is 9.47 Å². The highest BCUT2D eigenvalue weighted by molar-refractivity contribution is 6.17. The fraction of sp³-hybridized carbons (Fsp3) is 0.440. The first-order valence-electron chi connectivity index (χ1n) is 11.6. The van der Waals surface area contributed by atoms with Crippen molar-refractivity contribution in [3.63, 3.8) is 0 Å². The van der Waals surface area contributed by atoms with Gasteiger partial charge in [-0.1, -0.05) is 17.7 Å². The molecule has 0 bridgehead atoms. The second-order valence-electron chi connectivity index (χ2n) is 9.38. The van der Waals surface area contributed by atoms with E-state index in [-0.39, 0.29) is 29.9 Å². The molecule has 1 aromatic rings. The maximum Gasteiger partial charge on any atom is 0.423 e. The van der Waals surface area contributed by atoms with Gasteiger partial charge < -0.3 is 19.3 Å². The number of ether oxygens (including phenoxy) is 3. The van der Waals surface area contributed by atoms with E-state index in [9.17, 15) is 33.9 Å². The summed E-state index contributed by atoms with van der Waals surface area (Å²) in [7, 11) is 3.49. The lowest BCUT2D eigenvalue weighted by atomic mass is 9.57. The van der Waals surface area contributed by atoms with E-state index in [0.717, 1.165) is 14.2 Å². The molecule has 0 spiro atoms. The van der Waals surface area contributed by atoms with Crippen molar-refractivity contribution >= 4 is 35.8 Å². The second-order valence-corrected chi connectivity index (χ2v) is 9.38. The van der Waals surface area contributed by atoms with Gasteiger partial charge in [0.05, 0.1) is 45.0 Å². The molecule has 37 heavy (non-hydrogen) atoms. The first-order chi connectivity index (χ1) is 17.7. The first-order valence-corrected chi connectivity index (χ1v) is 11.6. The van der Waals surface area contributed by atoms with Gasteiger partial charge in [-0.15, -0.1) is 0 Å². The van der Waals surface area contributed by atoms with Gasteiger partial charge in [0.2, 0.25) is 23.6 Å². The number of allylic oxidation sites excluding steroid dienone is 2. The van der Waals surface area contributed by atoms with Gasteiger partial charge in [0.15, 0.2) is 0 Å². The number of nitrogens with zero attached hydrogens (tertiary/aromatic N) is 2. The Labute approximate surface area is 210 Å². The van der Waals surface area contributed by atoms with Crippen LogP contribution in [0.5, 0.6) is 11.5 Å². The van der Waals surface area contributed by atoms with Crippen molar-refractivity contribution < 1.29 is 48.1 Å². The van der Waals surface area contributed by atoms with Crippen LogP contribution in [0, 0.1) is 29.6 Å². The molecular weight excluding hydrogens is 488 g/mol. The van der Waals surface area contributed by atoms with Crippen LogP contribution < -0.4 is 4.74 Å². The summed E-state index contributed by atoms with van der Waals surface area (Å²) in [6, 6.07) is 4.55. The number of carbonyl (C=O) groups is 6. The summed E-state index contributed by atoms with van der Waals surface area (Å²) in [5.74, 6) is -8.61. The van der Waals surface area contributed by atoms with Crippen molar-refractivity contribution in [3.8, 4) is 11.5 Å². The third-order valence-electron chi connectivity index (χ3n) is 7.94. The second kappa shape index (κ2) is 8.71. The van der Waals surface area contributed by atoms with Crippen LogP contribution in [0.25, 0.3) is 0 Å². The summed E-state index contributed by atoms with van der Waals surface area (Å²) in [5, 5.41) is 10.9. The van der Waals surface area contributed by atoms with Gasteiger partial charge in [-0.05, 0) is 30.9 Å². The largest absolute Gasteiger partial charge is 0.508 e. The highest BCUT2D eigenvalue weighted by Crippen LogP contribution is 2.60. The number of benzene rings is 1. The van der Waals surface area contributed by atoms with Gasteiger partial charge in [-0.3, -0.25) is 19.2 Å². The third-order valence-corrected chi connectivity index (χ3v) is 7.94. The number of methoxy groups -OCH3 is 3. The smallest absolute Gasteiger partial charge is 0.423 e. The minimum Gasteiger partial charge on any atom is -0.508 e. The lowest BCUT2D eigenvalue weighted by molar-refractivity contribution is -0.139. The van der Waals surface area contributed by atoms with E-state index >= 15 is 0 Å². The molecule has 1 saturated carbocycles. The normalized spacial score (nSPS) is 30.4. The number of carbonyl (C=O) groups excluding carboxylic acids is 6. The molecule has 12 nitrogen and oxygen atoms in total. The van der Waals surface area contributed by atoms with Crippen LogP contribution in [0.2, 0.25) is 0 Å². The third kappa shape index (κ3) is 3.27. The van der Waals surface area contributed by atoms with E-state index in [4.69, 9.17) is 4.74 Å². The van der Waals surface area contributed by atoms with Crippen molar-refractivity contribution in [3.05, 3.63) is 35.4 Å². The van der Waals surface area contributed by atoms with Crippen molar-refractivity contribution in [2.24, 2.45) is 29.6 Å². The van der Waals surface area contributed by atoms with E-state index in [1.165, 1.54) is 13.2 Å². The fourth-order valence-electron chi connectivity index (χ4n) is 6.48. The molecule has 1 aromatic carbocycles. The number of likely N-dealkylation sites (tertiary alicyclic amines) is 2. The van der Waals surface area contributed by atoms with Crippen LogP contribution in [0.3, 0.4) is 0 Å². The van der Waals surface area contributed by atoms with Gasteiger partial charge in [-0.25, -0.2) is 9.59 Å². The number of hydrogen-bond donors (Lipinski definition) is 1. The molecule has 6 amide bonds. The van der Waals surface area contributed by atoms with Crippen molar-refractivity contribution in [1.82, 2.24) is 9.80 Å². The molecule has 3 fully saturated rings. The number of imide groups is 6. The summed E-state index contributed by atoms with van der Waals surface area (Å²) in [6.07, 6.45) is -0.422. The van der Waals surface area contributed by atoms with Gasteiger partial charge in [0.25, 0.3) is 0 Å². The van der Waals surface area contributed by atoms with Crippen molar-refractivity contribution in [2.75, 3.05) is 21.3 Å². The van der Waals surface area contributed by atoms with E-state index in [0.29, 0.717) is 15.4 Å². The Morgan fingerprint density at radius 1 is 0.838 bits per heavy atom. The summed E-state index contributed by atoms with van der Waals surface area (Å²) >= 11 is 0. The number of phenols is 1. The van der Waals surface area contributed by atoms with Crippen molar-refractivity contribution in [2.45, 2.75) is 18.8 Å². The molecule has 2 saturated heterocycles. The maximum atomic E-state index is 13.5. The standard InChI is InChI=1S/C25H24N2O10/c1-35-15-6-4-5-14(28)19(15)17-10-7-8-11-16(22(31)26(20(11)29)24(33)36-2)12(10)9-13-18(17)23(32)27(21(13)30)25(34)37-3/h4-7,11-13,16-18,28H,8-9H2,1-3H3. The quantitative estimate of drug-likeness (QED) is 0.456. The SMILES string of the molecule is COC(=O)N1C(=O)C2CC=C3C(CC4C(=O)N(C(=O)OC)C(=O)C4C3c3c(O)cccc3OC)C2C1=O. The summed E-state index contributed by atoms with van der Waals surface area (Å²) in [5.41, 5.74) is 0.784. The van der Waals surface area contributed by atoms with Gasteiger partial charge in [-0.2, -0.15) is 9.80 Å². The predicted octanol–water partition coefficient (Wildman–Crippen LogP) is 1.57. The van der Waals surface area contributed by atoms with Crippen LogP contribution in [0.1, 0.15) is 24.3 Å². The monoisotopic (exact) mass is 512 g/mol. The van der Waals surface area contributed by atoms with Crippen LogP contribution in [-0.4, -0.2) is 72.1 Å². The number of rotatable bonds is 2. The van der Waals surface area contributed by atoms with E-state index in [1.807, 2.05) is 0 Å². The summed E-state index contributed by atoms with van der Waals surface area (Å²) < 4.78 is 14.8. The Balaban J connectivity index is 1.68. The highest BCUT2D eigenvalue weighted by Gasteiger charge is 2.64. The maximum absolute atomic E-state index is 13.5. The Morgan fingerprint density at radius 2 is 1.43 bits per heavy atom. The van der Waals surface area contributed by atoms with Crippen LogP contribution in [0.15, 0.2) is 29.8 Å². The molecule has 2 aliphatic carbocycles. The Morgan fingerprint density at radius 3 is 2.03 bits per heavy atom. The molecule has 0 aromatic heterocycles. The van der Waals surface area contributed by atoms with Gasteiger partial charge in [0, 0.05) is 11.5 Å². The number of aromatic hydroxyl groups is 1. The topological polar surface area (TPSA) is 157 Å². The van der Waals surface area contributed by atoms with Gasteiger partial charge in [0.1, 0.15) is 11.5 Å². The molecule has 1 N–H and O–H groups in total. The van der Waals surface area contributed by atoms with Crippen LogP contribution in [0.4, 0.5) is 9.59 Å². The van der Waals surface area contributed by atoms with E-state index < -0.39 is 71.3 Å². The minimum absolute atomic E-state index is 0.0177. The minimum atomic E-state index is -1.13. The Bertz CT molecular complexity index is 1290. The van der Waals surface area contributed by atoms with Crippen LogP contribution >= 0.6 is 0 Å². The highest BCUT2D eigenvalue weighted by atomic mass is 16.5. The number of fused-ring (bicyclic) bond motifs is 4. The molecule has 2 aliphatic heterocycles. The molecule has 0 radical (unpaired) electrons. The first kappa shape index (κ1) is 24.5. The molecule has 4 aliphatic rings. The zero-order valence-electron chi connectivity index (χ0n) is 20.2. The lowest BCUT2D eigenvalue weighted by Gasteiger charge is -2.44. The molecular formula is C25H24N2O10. The van der Waals surface area contributed by atoms with E-state index in [1.54, 1.807) is 18.2 Å². The molecule has 6 unspecified atom stereocenters. The summed E-state index contributed by atoms with van der Waals surface area (Å²) in [6.45, 7) is 0. The molecule has 2 heterocycles. The average Bonchev–Trinajstić information content (AvgIpc) is 3.30. The fourth-order valence-corrected chi connectivity index (χ4v) is 6.48. The number of amides is 6. The van der Waals surface area contributed by atoms with Crippen LogP contribution in [-0.2, 0) is 28.7 Å². The Kier molecular flexibility index (Phi) is 5.76. The molecule has 5 rings (SSSR count). The predicted molar refractivity (Wildman–Crippen MR) is 121 cm³/mol. The lowest BCUT2D eigenvalue weighted by Crippen LogP contribution is -2.43. The average molecular weight is 512 g/mol. The zero-order valence-corrected chi connectivity index (χ0v) is 20.2. The molecule has 6 atom stereocenters. The number of hydrogen-bond acceptors (Lipinski definition) is 10. The summed E-state index contributed by atoms with van der Waals surface area (Å²) in [4.78, 5) is 78.7. The number of phenolic OH excluding ortho intramolecular Hbond substituents is 1. The Hall–Kier alpha value is -4.22. The molecule has 12 heteroatoms. The van der Waals surface area contributed by atoms with Crippen molar-refractivity contribution in [1.29, 1.82) is 0 Å².